The van der Waals surface area contributed by atoms with Gasteiger partial charge in [-0.3, -0.25) is 4.90 Å². The highest BCUT2D eigenvalue weighted by Gasteiger charge is 2.39. The monoisotopic (exact) mass is 516 g/mol. The van der Waals surface area contributed by atoms with Crippen molar-refractivity contribution in [1.29, 1.82) is 0 Å². The quantitative estimate of drug-likeness (QED) is 0.219. The first-order valence-electron chi connectivity index (χ1n) is 14.5. The molecule has 1 heterocycles. The molecule has 0 spiro atoms. The van der Waals surface area contributed by atoms with Gasteiger partial charge in [-0.1, -0.05) is 85.8 Å². The molecule has 4 aromatic carbocycles. The molecule has 4 aromatic rings. The number of ether oxygens (including phenoxy) is 1. The van der Waals surface area contributed by atoms with E-state index in [4.69, 9.17) is 4.74 Å². The molecule has 1 saturated heterocycles. The summed E-state index contributed by atoms with van der Waals surface area (Å²) >= 11 is 0. The van der Waals surface area contributed by atoms with E-state index >= 15 is 0 Å². The highest BCUT2D eigenvalue weighted by atomic mass is 16.5. The Bertz CT molecular complexity index is 1420. The van der Waals surface area contributed by atoms with Crippen LogP contribution >= 0.6 is 0 Å². The Morgan fingerprint density at radius 1 is 0.769 bits per heavy atom. The first kappa shape index (κ1) is 25.9. The fraction of sp³-hybridized carbons (Fsp3) is 0.333. The molecular formula is C36H40N2O. The minimum Gasteiger partial charge on any atom is -0.378 e. The topological polar surface area (TPSA) is 15.7 Å². The second-order valence-electron chi connectivity index (χ2n) is 11.3. The van der Waals surface area contributed by atoms with Crippen LogP contribution in [0.1, 0.15) is 46.7 Å². The average molecular weight is 517 g/mol. The van der Waals surface area contributed by atoms with E-state index in [0.717, 1.165) is 52.0 Å². The first-order chi connectivity index (χ1) is 19.1. The van der Waals surface area contributed by atoms with Crippen molar-refractivity contribution in [1.82, 2.24) is 4.90 Å². The van der Waals surface area contributed by atoms with Crippen LogP contribution < -0.4 is 4.90 Å². The molecule has 0 N–H and O–H groups in total. The van der Waals surface area contributed by atoms with Crippen molar-refractivity contribution in [2.75, 3.05) is 45.3 Å². The summed E-state index contributed by atoms with van der Waals surface area (Å²) in [5.74, 6) is 0. The van der Waals surface area contributed by atoms with Crippen molar-refractivity contribution in [3.63, 3.8) is 0 Å². The zero-order valence-electron chi connectivity index (χ0n) is 23.6. The Labute approximate surface area is 234 Å². The Hall–Kier alpha value is -3.40. The molecule has 1 aliphatic carbocycles. The maximum atomic E-state index is 5.56. The second-order valence-corrected chi connectivity index (χ2v) is 11.3. The van der Waals surface area contributed by atoms with E-state index in [1.165, 1.54) is 50.2 Å². The van der Waals surface area contributed by atoms with Gasteiger partial charge in [-0.05, 0) is 96.4 Å². The summed E-state index contributed by atoms with van der Waals surface area (Å²) in [6, 6.07) is 34.1. The molecule has 0 radical (unpaired) electrons. The van der Waals surface area contributed by atoms with Crippen LogP contribution in [0.5, 0.6) is 0 Å². The number of rotatable bonds is 8. The number of anilines is 1. The molecule has 3 heteroatoms. The summed E-state index contributed by atoms with van der Waals surface area (Å²) in [7, 11) is 4.55. The van der Waals surface area contributed by atoms with Crippen LogP contribution in [-0.4, -0.2) is 45.3 Å². The summed E-state index contributed by atoms with van der Waals surface area (Å²) in [6.07, 6.45) is 3.99. The average Bonchev–Trinajstić information content (AvgIpc) is 3.36. The van der Waals surface area contributed by atoms with Gasteiger partial charge in [0.1, 0.15) is 0 Å². The SMILES string of the molecule is CCC(Cc1ccccc1)(c1c(Cc2ccc(N3CCOCC3)cc2)ccc2c1Cc1ccccc1-2)N(C)C. The van der Waals surface area contributed by atoms with Gasteiger partial charge in [0.05, 0.1) is 13.2 Å². The molecule has 1 fully saturated rings. The van der Waals surface area contributed by atoms with Crippen molar-refractivity contribution in [3.05, 3.63) is 124 Å². The van der Waals surface area contributed by atoms with Crippen molar-refractivity contribution < 1.29 is 4.74 Å². The molecule has 1 aliphatic heterocycles. The molecule has 0 saturated carbocycles. The smallest absolute Gasteiger partial charge is 0.0642 e. The van der Waals surface area contributed by atoms with Gasteiger partial charge >= 0.3 is 0 Å². The van der Waals surface area contributed by atoms with Gasteiger partial charge in [0.2, 0.25) is 0 Å². The summed E-state index contributed by atoms with van der Waals surface area (Å²) in [5, 5.41) is 0. The third-order valence-electron chi connectivity index (χ3n) is 9.03. The van der Waals surface area contributed by atoms with Crippen LogP contribution in [-0.2, 0) is 29.5 Å². The van der Waals surface area contributed by atoms with Crippen LogP contribution in [0.2, 0.25) is 0 Å². The van der Waals surface area contributed by atoms with Gasteiger partial charge in [0.15, 0.2) is 0 Å². The van der Waals surface area contributed by atoms with Crippen molar-refractivity contribution in [2.24, 2.45) is 0 Å². The number of hydrogen-bond acceptors (Lipinski definition) is 3. The fourth-order valence-electron chi connectivity index (χ4n) is 6.87. The lowest BCUT2D eigenvalue weighted by Crippen LogP contribution is -2.44. The number of morpholine rings is 1. The van der Waals surface area contributed by atoms with E-state index in [9.17, 15) is 0 Å². The molecule has 0 aromatic heterocycles. The minimum absolute atomic E-state index is 0.0994. The Kier molecular flexibility index (Phi) is 7.29. The Morgan fingerprint density at radius 3 is 2.21 bits per heavy atom. The lowest BCUT2D eigenvalue weighted by molar-refractivity contribution is 0.122. The highest BCUT2D eigenvalue weighted by molar-refractivity contribution is 5.79. The van der Waals surface area contributed by atoms with Crippen LogP contribution in [0.4, 0.5) is 5.69 Å². The van der Waals surface area contributed by atoms with E-state index < -0.39 is 0 Å². The van der Waals surface area contributed by atoms with Gasteiger partial charge in [0, 0.05) is 24.3 Å². The summed E-state index contributed by atoms with van der Waals surface area (Å²) in [4.78, 5) is 4.92. The normalized spacial score (nSPS) is 16.2. The van der Waals surface area contributed by atoms with Crippen LogP contribution in [0.15, 0.2) is 91.0 Å². The second kappa shape index (κ2) is 11.0. The number of fused-ring (bicyclic) bond motifs is 3. The van der Waals surface area contributed by atoms with Gasteiger partial charge in [-0.15, -0.1) is 0 Å². The first-order valence-corrected chi connectivity index (χ1v) is 14.5. The molecule has 0 bridgehead atoms. The molecule has 200 valence electrons. The van der Waals surface area contributed by atoms with Crippen molar-refractivity contribution in [3.8, 4) is 11.1 Å². The van der Waals surface area contributed by atoms with E-state index in [1.807, 2.05) is 0 Å². The predicted molar refractivity (Wildman–Crippen MR) is 163 cm³/mol. The lowest BCUT2D eigenvalue weighted by atomic mass is 9.74. The van der Waals surface area contributed by atoms with Gasteiger partial charge < -0.3 is 9.64 Å². The third kappa shape index (κ3) is 4.90. The maximum Gasteiger partial charge on any atom is 0.0642 e. The van der Waals surface area contributed by atoms with E-state index in [0.29, 0.717) is 0 Å². The summed E-state index contributed by atoms with van der Waals surface area (Å²) in [5.41, 5.74) is 12.7. The van der Waals surface area contributed by atoms with E-state index in [2.05, 4.69) is 122 Å². The summed E-state index contributed by atoms with van der Waals surface area (Å²) in [6.45, 7) is 5.93. The molecule has 1 unspecified atom stereocenters. The van der Waals surface area contributed by atoms with Gasteiger partial charge in [0.25, 0.3) is 0 Å². The minimum atomic E-state index is -0.0994. The Morgan fingerprint density at radius 2 is 1.49 bits per heavy atom. The van der Waals surface area contributed by atoms with Crippen LogP contribution in [0.25, 0.3) is 11.1 Å². The van der Waals surface area contributed by atoms with E-state index in [1.54, 1.807) is 0 Å². The molecule has 6 rings (SSSR count). The molecule has 0 amide bonds. The maximum absolute atomic E-state index is 5.56. The standard InChI is InChI=1S/C36H40N2O/c1-4-36(37(2)3,26-28-10-6-5-7-11-28)35-30(16-19-33-32-13-9-8-12-29(32)25-34(33)35)24-27-14-17-31(18-15-27)38-20-22-39-23-21-38/h5-19H,4,20-26H2,1-3H3. The van der Waals surface area contributed by atoms with Crippen LogP contribution in [0, 0.1) is 0 Å². The molecular weight excluding hydrogens is 476 g/mol. The number of likely N-dealkylation sites (N-methyl/N-ethyl adjacent to an activating group) is 1. The molecule has 2 aliphatic rings. The van der Waals surface area contributed by atoms with Gasteiger partial charge in [-0.25, -0.2) is 0 Å². The lowest BCUT2D eigenvalue weighted by Gasteiger charge is -2.43. The number of nitrogens with zero attached hydrogens (tertiary/aromatic N) is 2. The van der Waals surface area contributed by atoms with Crippen molar-refractivity contribution >= 4 is 5.69 Å². The summed E-state index contributed by atoms with van der Waals surface area (Å²) < 4.78 is 5.56. The highest BCUT2D eigenvalue weighted by Crippen LogP contribution is 2.47. The van der Waals surface area contributed by atoms with Crippen molar-refractivity contribution in [2.45, 2.75) is 38.1 Å². The number of benzene rings is 4. The Balaban J connectivity index is 1.44. The largest absolute Gasteiger partial charge is 0.378 e. The zero-order valence-corrected chi connectivity index (χ0v) is 23.6. The van der Waals surface area contributed by atoms with Gasteiger partial charge in [-0.2, -0.15) is 0 Å². The molecule has 1 atom stereocenters. The third-order valence-corrected chi connectivity index (χ3v) is 9.03. The van der Waals surface area contributed by atoms with Crippen LogP contribution in [0.3, 0.4) is 0 Å². The molecule has 3 nitrogen and oxygen atoms in total. The number of hydrogen-bond donors (Lipinski definition) is 0. The van der Waals surface area contributed by atoms with E-state index in [-0.39, 0.29) is 5.54 Å². The zero-order chi connectivity index (χ0) is 26.8. The fourth-order valence-corrected chi connectivity index (χ4v) is 6.87. The molecule has 39 heavy (non-hydrogen) atoms. The predicted octanol–water partition coefficient (Wildman–Crippen LogP) is 7.09.